The van der Waals surface area contributed by atoms with Crippen LogP contribution in [0.5, 0.6) is 0 Å². The molecule has 0 spiro atoms. The van der Waals surface area contributed by atoms with E-state index in [0.717, 1.165) is 12.2 Å². The van der Waals surface area contributed by atoms with Crippen LogP contribution in [-0.4, -0.2) is 26.0 Å². The highest BCUT2D eigenvalue weighted by Gasteiger charge is 2.08. The quantitative estimate of drug-likeness (QED) is 0.822. The first-order valence-electron chi connectivity index (χ1n) is 5.17. The fourth-order valence-corrected chi connectivity index (χ4v) is 1.41. The minimum atomic E-state index is -0.0378. The van der Waals surface area contributed by atoms with Crippen LogP contribution in [0.4, 0.5) is 5.69 Å². The van der Waals surface area contributed by atoms with Gasteiger partial charge in [-0.2, -0.15) is 5.26 Å². The third-order valence-electron chi connectivity index (χ3n) is 2.34. The second-order valence-corrected chi connectivity index (χ2v) is 3.35. The standard InChI is InChI=1S/C12H15N3O/c1-3-15(9-12(16)14-2)11-6-4-5-10(7-11)8-13/h4-7H,3,9H2,1-2H3,(H,14,16). The van der Waals surface area contributed by atoms with E-state index in [1.54, 1.807) is 19.2 Å². The Kier molecular flexibility index (Phi) is 4.34. The molecule has 1 N–H and O–H groups in total. The van der Waals surface area contributed by atoms with Crippen LogP contribution in [0, 0.1) is 11.3 Å². The third-order valence-corrected chi connectivity index (χ3v) is 2.34. The number of nitrogens with one attached hydrogen (secondary N) is 1. The van der Waals surface area contributed by atoms with E-state index in [0.29, 0.717) is 12.1 Å². The zero-order valence-electron chi connectivity index (χ0n) is 9.53. The second-order valence-electron chi connectivity index (χ2n) is 3.35. The number of nitrogens with zero attached hydrogens (tertiary/aromatic N) is 2. The lowest BCUT2D eigenvalue weighted by Crippen LogP contribution is -2.35. The Hall–Kier alpha value is -2.02. The predicted octanol–water partition coefficient (Wildman–Crippen LogP) is 1.13. The van der Waals surface area contributed by atoms with E-state index in [-0.39, 0.29) is 5.91 Å². The summed E-state index contributed by atoms with van der Waals surface area (Å²) in [5.74, 6) is -0.0378. The van der Waals surface area contributed by atoms with Crippen LogP contribution in [0.15, 0.2) is 24.3 Å². The molecular weight excluding hydrogens is 202 g/mol. The summed E-state index contributed by atoms with van der Waals surface area (Å²) in [6, 6.07) is 9.33. The average Bonchev–Trinajstić information content (AvgIpc) is 2.35. The highest BCUT2D eigenvalue weighted by molar-refractivity contribution is 5.81. The Morgan fingerprint density at radius 2 is 2.31 bits per heavy atom. The number of likely N-dealkylation sites (N-methyl/N-ethyl adjacent to an activating group) is 2. The van der Waals surface area contributed by atoms with E-state index >= 15 is 0 Å². The van der Waals surface area contributed by atoms with Crippen LogP contribution in [0.2, 0.25) is 0 Å². The van der Waals surface area contributed by atoms with Crippen molar-refractivity contribution in [3.63, 3.8) is 0 Å². The molecular formula is C12H15N3O. The van der Waals surface area contributed by atoms with Crippen LogP contribution in [0.3, 0.4) is 0 Å². The number of hydrogen-bond donors (Lipinski definition) is 1. The zero-order chi connectivity index (χ0) is 12.0. The van der Waals surface area contributed by atoms with Crippen molar-refractivity contribution in [2.75, 3.05) is 25.0 Å². The topological polar surface area (TPSA) is 56.1 Å². The van der Waals surface area contributed by atoms with E-state index in [2.05, 4.69) is 11.4 Å². The summed E-state index contributed by atoms with van der Waals surface area (Å²) in [5, 5.41) is 11.4. The first kappa shape index (κ1) is 12.1. The fourth-order valence-electron chi connectivity index (χ4n) is 1.41. The maximum atomic E-state index is 11.3. The zero-order valence-corrected chi connectivity index (χ0v) is 9.53. The smallest absolute Gasteiger partial charge is 0.239 e. The average molecular weight is 217 g/mol. The van der Waals surface area contributed by atoms with E-state index in [1.807, 2.05) is 24.0 Å². The minimum Gasteiger partial charge on any atom is -0.362 e. The lowest BCUT2D eigenvalue weighted by atomic mass is 10.2. The van der Waals surface area contributed by atoms with Gasteiger partial charge in [0.1, 0.15) is 0 Å². The molecule has 1 aromatic carbocycles. The molecule has 4 heteroatoms. The van der Waals surface area contributed by atoms with Crippen molar-refractivity contribution in [1.29, 1.82) is 5.26 Å². The van der Waals surface area contributed by atoms with Crippen molar-refractivity contribution in [2.45, 2.75) is 6.92 Å². The van der Waals surface area contributed by atoms with E-state index in [1.165, 1.54) is 0 Å². The Bertz CT molecular complexity index is 409. The van der Waals surface area contributed by atoms with Crippen LogP contribution < -0.4 is 10.2 Å². The molecule has 0 aliphatic carbocycles. The number of carbonyl (C=O) groups is 1. The summed E-state index contributed by atoms with van der Waals surface area (Å²) in [7, 11) is 1.61. The SMILES string of the molecule is CCN(CC(=O)NC)c1cccc(C#N)c1. The molecule has 0 fully saturated rings. The Morgan fingerprint density at radius 1 is 1.56 bits per heavy atom. The molecule has 1 amide bonds. The van der Waals surface area contributed by atoms with Crippen molar-refractivity contribution in [1.82, 2.24) is 5.32 Å². The number of amides is 1. The maximum absolute atomic E-state index is 11.3. The van der Waals surface area contributed by atoms with E-state index in [4.69, 9.17) is 5.26 Å². The van der Waals surface area contributed by atoms with Crippen molar-refractivity contribution in [3.8, 4) is 6.07 Å². The summed E-state index contributed by atoms with van der Waals surface area (Å²) in [5.41, 5.74) is 1.50. The lowest BCUT2D eigenvalue weighted by Gasteiger charge is -2.22. The van der Waals surface area contributed by atoms with Crippen molar-refractivity contribution in [2.24, 2.45) is 0 Å². The first-order valence-corrected chi connectivity index (χ1v) is 5.17. The van der Waals surface area contributed by atoms with Gasteiger partial charge < -0.3 is 10.2 Å². The van der Waals surface area contributed by atoms with Gasteiger partial charge in [-0.3, -0.25) is 4.79 Å². The third kappa shape index (κ3) is 2.99. The maximum Gasteiger partial charge on any atom is 0.239 e. The fraction of sp³-hybridized carbons (Fsp3) is 0.333. The molecule has 0 saturated carbocycles. The van der Waals surface area contributed by atoms with E-state index in [9.17, 15) is 4.79 Å². The monoisotopic (exact) mass is 217 g/mol. The van der Waals surface area contributed by atoms with Crippen LogP contribution in [0.1, 0.15) is 12.5 Å². The molecule has 0 bridgehead atoms. The minimum absolute atomic E-state index is 0.0378. The molecule has 1 aromatic rings. The van der Waals surface area contributed by atoms with Gasteiger partial charge in [0.05, 0.1) is 18.2 Å². The number of hydrogen-bond acceptors (Lipinski definition) is 3. The number of nitriles is 1. The molecule has 4 nitrogen and oxygen atoms in total. The summed E-state index contributed by atoms with van der Waals surface area (Å²) < 4.78 is 0. The number of carbonyl (C=O) groups excluding carboxylic acids is 1. The van der Waals surface area contributed by atoms with Crippen molar-refractivity contribution in [3.05, 3.63) is 29.8 Å². The van der Waals surface area contributed by atoms with Gasteiger partial charge in [-0.15, -0.1) is 0 Å². The Balaban J connectivity index is 2.86. The van der Waals surface area contributed by atoms with Gasteiger partial charge in [-0.1, -0.05) is 6.07 Å². The summed E-state index contributed by atoms with van der Waals surface area (Å²) >= 11 is 0. The van der Waals surface area contributed by atoms with Gasteiger partial charge in [-0.05, 0) is 25.1 Å². The number of rotatable bonds is 4. The summed E-state index contributed by atoms with van der Waals surface area (Å²) in [6.07, 6.45) is 0. The van der Waals surface area contributed by atoms with Gasteiger partial charge in [0.15, 0.2) is 0 Å². The van der Waals surface area contributed by atoms with Crippen LogP contribution >= 0.6 is 0 Å². The van der Waals surface area contributed by atoms with Gasteiger partial charge >= 0.3 is 0 Å². The molecule has 84 valence electrons. The summed E-state index contributed by atoms with van der Waals surface area (Å²) in [4.78, 5) is 13.2. The number of anilines is 1. The van der Waals surface area contributed by atoms with Gasteiger partial charge in [0.2, 0.25) is 5.91 Å². The largest absolute Gasteiger partial charge is 0.362 e. The molecule has 0 heterocycles. The van der Waals surface area contributed by atoms with Crippen molar-refractivity contribution >= 4 is 11.6 Å². The normalized spacial score (nSPS) is 9.31. The molecule has 16 heavy (non-hydrogen) atoms. The molecule has 0 radical (unpaired) electrons. The van der Waals surface area contributed by atoms with Crippen molar-refractivity contribution < 1.29 is 4.79 Å². The highest BCUT2D eigenvalue weighted by Crippen LogP contribution is 2.15. The van der Waals surface area contributed by atoms with Gasteiger partial charge in [0.25, 0.3) is 0 Å². The molecule has 0 aliphatic rings. The molecule has 0 atom stereocenters. The molecule has 0 aromatic heterocycles. The molecule has 0 unspecified atom stereocenters. The highest BCUT2D eigenvalue weighted by atomic mass is 16.1. The second kappa shape index (κ2) is 5.76. The molecule has 1 rings (SSSR count). The van der Waals surface area contributed by atoms with Gasteiger partial charge in [0, 0.05) is 19.3 Å². The lowest BCUT2D eigenvalue weighted by molar-refractivity contribution is -0.119. The van der Waals surface area contributed by atoms with Crippen LogP contribution in [-0.2, 0) is 4.79 Å². The predicted molar refractivity (Wildman–Crippen MR) is 63.1 cm³/mol. The van der Waals surface area contributed by atoms with Gasteiger partial charge in [-0.25, -0.2) is 0 Å². The Labute approximate surface area is 95.5 Å². The van der Waals surface area contributed by atoms with Crippen LogP contribution in [0.25, 0.3) is 0 Å². The first-order chi connectivity index (χ1) is 7.71. The van der Waals surface area contributed by atoms with E-state index < -0.39 is 0 Å². The summed E-state index contributed by atoms with van der Waals surface area (Å²) in [6.45, 7) is 3.01. The number of benzene rings is 1. The molecule has 0 aliphatic heterocycles. The Morgan fingerprint density at radius 3 is 2.88 bits per heavy atom. The molecule has 0 saturated heterocycles.